The summed E-state index contributed by atoms with van der Waals surface area (Å²) in [7, 11) is 0. The number of fused-ring (bicyclic) bond motifs is 1. The molecule has 2 rings (SSSR count). The Labute approximate surface area is 73.8 Å². The van der Waals surface area contributed by atoms with E-state index in [2.05, 4.69) is 0 Å². The first-order valence-electron chi connectivity index (χ1n) is 5.09. The first kappa shape index (κ1) is 8.03. The van der Waals surface area contributed by atoms with Gasteiger partial charge in [0.15, 0.2) is 5.78 Å². The van der Waals surface area contributed by atoms with Crippen LogP contribution in [0, 0.1) is 5.92 Å². The third-order valence-corrected chi connectivity index (χ3v) is 3.09. The molecule has 0 spiro atoms. The van der Waals surface area contributed by atoms with Crippen molar-refractivity contribution in [2.45, 2.75) is 44.9 Å². The zero-order valence-electron chi connectivity index (χ0n) is 7.51. The van der Waals surface area contributed by atoms with E-state index >= 15 is 0 Å². The highest BCUT2D eigenvalue weighted by atomic mass is 16.1. The number of rotatable bonds is 0. The molecule has 0 radical (unpaired) electrons. The molecule has 0 aromatic carbocycles. The van der Waals surface area contributed by atoms with Crippen molar-refractivity contribution in [3.05, 3.63) is 11.6 Å². The summed E-state index contributed by atoms with van der Waals surface area (Å²) in [6.45, 7) is 0. The second-order valence-corrected chi connectivity index (χ2v) is 4.04. The van der Waals surface area contributed by atoms with Crippen LogP contribution in [0.3, 0.4) is 0 Å². The standard InChI is InChI=1S/C11H16O/c12-11-7-9-5-3-1-2-4-6-10(9)8-11/h7,10H,1-6,8H2. The van der Waals surface area contributed by atoms with E-state index in [1.54, 1.807) is 0 Å². The lowest BCUT2D eigenvalue weighted by molar-refractivity contribution is -0.114. The summed E-state index contributed by atoms with van der Waals surface area (Å²) in [6, 6.07) is 0. The lowest BCUT2D eigenvalue weighted by atomic mass is 9.88. The molecule has 1 fully saturated rings. The van der Waals surface area contributed by atoms with Crippen molar-refractivity contribution in [2.75, 3.05) is 0 Å². The Morgan fingerprint density at radius 1 is 1.17 bits per heavy atom. The van der Waals surface area contributed by atoms with Crippen LogP contribution in [0.5, 0.6) is 0 Å². The number of carbonyl (C=O) groups excluding carboxylic acids is 1. The Hall–Kier alpha value is -0.590. The summed E-state index contributed by atoms with van der Waals surface area (Å²) >= 11 is 0. The molecular weight excluding hydrogens is 148 g/mol. The summed E-state index contributed by atoms with van der Waals surface area (Å²) in [6.07, 6.45) is 10.5. The molecule has 0 aromatic heterocycles. The molecule has 1 heteroatoms. The fourth-order valence-corrected chi connectivity index (χ4v) is 2.39. The Bertz CT molecular complexity index is 215. The van der Waals surface area contributed by atoms with E-state index in [-0.39, 0.29) is 0 Å². The van der Waals surface area contributed by atoms with Crippen LogP contribution in [0.15, 0.2) is 11.6 Å². The van der Waals surface area contributed by atoms with Gasteiger partial charge in [-0.1, -0.05) is 24.8 Å². The second kappa shape index (κ2) is 3.42. The van der Waals surface area contributed by atoms with Gasteiger partial charge in [0.2, 0.25) is 0 Å². The number of allylic oxidation sites excluding steroid dienone is 2. The molecule has 0 amide bonds. The zero-order chi connectivity index (χ0) is 8.39. The SMILES string of the molecule is O=C1C=C2CCCCCCC2C1. The summed E-state index contributed by atoms with van der Waals surface area (Å²) < 4.78 is 0. The first-order chi connectivity index (χ1) is 5.86. The summed E-state index contributed by atoms with van der Waals surface area (Å²) in [5.41, 5.74) is 1.46. The molecular formula is C11H16O. The van der Waals surface area contributed by atoms with Crippen molar-refractivity contribution in [1.29, 1.82) is 0 Å². The van der Waals surface area contributed by atoms with Crippen molar-refractivity contribution >= 4 is 5.78 Å². The largest absolute Gasteiger partial charge is 0.295 e. The molecule has 1 unspecified atom stereocenters. The summed E-state index contributed by atoms with van der Waals surface area (Å²) in [4.78, 5) is 11.2. The lowest BCUT2D eigenvalue weighted by Gasteiger charge is -2.17. The van der Waals surface area contributed by atoms with Gasteiger partial charge in [-0.05, 0) is 31.3 Å². The molecule has 0 heterocycles. The summed E-state index contributed by atoms with van der Waals surface area (Å²) in [5.74, 6) is 1.01. The van der Waals surface area contributed by atoms with Crippen LogP contribution in [0.25, 0.3) is 0 Å². The van der Waals surface area contributed by atoms with Gasteiger partial charge in [-0.3, -0.25) is 4.79 Å². The van der Waals surface area contributed by atoms with Gasteiger partial charge in [-0.15, -0.1) is 0 Å². The highest BCUT2D eigenvalue weighted by Crippen LogP contribution is 2.33. The number of carbonyl (C=O) groups is 1. The van der Waals surface area contributed by atoms with Gasteiger partial charge in [-0.25, -0.2) is 0 Å². The van der Waals surface area contributed by atoms with Crippen molar-refractivity contribution in [2.24, 2.45) is 5.92 Å². The van der Waals surface area contributed by atoms with Gasteiger partial charge in [0, 0.05) is 6.42 Å². The molecule has 0 bridgehead atoms. The molecule has 1 nitrogen and oxygen atoms in total. The molecule has 12 heavy (non-hydrogen) atoms. The Morgan fingerprint density at radius 3 is 2.92 bits per heavy atom. The maximum absolute atomic E-state index is 11.2. The van der Waals surface area contributed by atoms with Crippen LogP contribution in [0.1, 0.15) is 44.9 Å². The van der Waals surface area contributed by atoms with Crippen LogP contribution in [0.4, 0.5) is 0 Å². The number of hydrogen-bond donors (Lipinski definition) is 0. The van der Waals surface area contributed by atoms with Crippen molar-refractivity contribution in [3.8, 4) is 0 Å². The van der Waals surface area contributed by atoms with Crippen LogP contribution in [-0.2, 0) is 4.79 Å². The Kier molecular flexibility index (Phi) is 2.29. The minimum absolute atomic E-state index is 0.372. The molecule has 2 aliphatic carbocycles. The topological polar surface area (TPSA) is 17.1 Å². The maximum Gasteiger partial charge on any atom is 0.156 e. The van der Waals surface area contributed by atoms with Crippen molar-refractivity contribution in [1.82, 2.24) is 0 Å². The molecule has 1 saturated carbocycles. The van der Waals surface area contributed by atoms with Crippen LogP contribution in [-0.4, -0.2) is 5.78 Å². The van der Waals surface area contributed by atoms with E-state index < -0.39 is 0 Å². The predicted octanol–water partition coefficient (Wildman–Crippen LogP) is 2.86. The predicted molar refractivity (Wildman–Crippen MR) is 48.9 cm³/mol. The average molecular weight is 164 g/mol. The Balaban J connectivity index is 2.06. The minimum Gasteiger partial charge on any atom is -0.295 e. The highest BCUT2D eigenvalue weighted by molar-refractivity contribution is 5.93. The molecule has 0 aliphatic heterocycles. The molecule has 66 valence electrons. The van der Waals surface area contributed by atoms with E-state index in [0.717, 1.165) is 6.42 Å². The maximum atomic E-state index is 11.2. The van der Waals surface area contributed by atoms with Gasteiger partial charge >= 0.3 is 0 Å². The van der Waals surface area contributed by atoms with Gasteiger partial charge in [0.1, 0.15) is 0 Å². The van der Waals surface area contributed by atoms with Crippen LogP contribution < -0.4 is 0 Å². The average Bonchev–Trinajstić information content (AvgIpc) is 2.32. The first-order valence-corrected chi connectivity index (χ1v) is 5.09. The molecule has 0 aromatic rings. The summed E-state index contributed by atoms with van der Waals surface area (Å²) in [5, 5.41) is 0. The van der Waals surface area contributed by atoms with Gasteiger partial charge in [0.25, 0.3) is 0 Å². The molecule has 0 N–H and O–H groups in total. The molecule has 1 atom stereocenters. The third-order valence-electron chi connectivity index (χ3n) is 3.09. The third kappa shape index (κ3) is 1.60. The van der Waals surface area contributed by atoms with Crippen LogP contribution >= 0.6 is 0 Å². The normalized spacial score (nSPS) is 30.5. The number of ketones is 1. The second-order valence-electron chi connectivity index (χ2n) is 4.04. The van der Waals surface area contributed by atoms with Crippen molar-refractivity contribution < 1.29 is 4.79 Å². The van der Waals surface area contributed by atoms with E-state index in [4.69, 9.17) is 0 Å². The lowest BCUT2D eigenvalue weighted by Crippen LogP contribution is -2.03. The van der Waals surface area contributed by atoms with E-state index in [1.165, 1.54) is 44.1 Å². The number of hydrogen-bond acceptors (Lipinski definition) is 1. The highest BCUT2D eigenvalue weighted by Gasteiger charge is 2.24. The van der Waals surface area contributed by atoms with E-state index in [9.17, 15) is 4.79 Å². The Morgan fingerprint density at radius 2 is 2.00 bits per heavy atom. The smallest absolute Gasteiger partial charge is 0.156 e. The van der Waals surface area contributed by atoms with E-state index in [1.807, 2.05) is 6.08 Å². The minimum atomic E-state index is 0.372. The van der Waals surface area contributed by atoms with E-state index in [0.29, 0.717) is 11.7 Å². The van der Waals surface area contributed by atoms with Gasteiger partial charge < -0.3 is 0 Å². The zero-order valence-corrected chi connectivity index (χ0v) is 7.51. The van der Waals surface area contributed by atoms with Gasteiger partial charge in [-0.2, -0.15) is 0 Å². The molecule has 0 saturated heterocycles. The van der Waals surface area contributed by atoms with Gasteiger partial charge in [0.05, 0.1) is 0 Å². The molecule has 2 aliphatic rings. The van der Waals surface area contributed by atoms with Crippen molar-refractivity contribution in [3.63, 3.8) is 0 Å². The van der Waals surface area contributed by atoms with Crippen LogP contribution in [0.2, 0.25) is 0 Å². The monoisotopic (exact) mass is 164 g/mol. The fraction of sp³-hybridized carbons (Fsp3) is 0.727. The quantitative estimate of drug-likeness (QED) is 0.538. The fourth-order valence-electron chi connectivity index (χ4n) is 2.39.